The molecular formula is C11H14ClNO4S. The monoisotopic (exact) mass is 291 g/mol. The molecule has 1 aromatic carbocycles. The number of nitrogens with one attached hydrogen (secondary N) is 1. The highest BCUT2D eigenvalue weighted by molar-refractivity contribution is 7.92. The lowest BCUT2D eigenvalue weighted by atomic mass is 10.2. The molecule has 0 aliphatic rings. The molecule has 0 saturated carbocycles. The van der Waals surface area contributed by atoms with Crippen molar-refractivity contribution in [3.8, 4) is 0 Å². The lowest BCUT2D eigenvalue weighted by Crippen LogP contribution is -2.18. The van der Waals surface area contributed by atoms with Gasteiger partial charge in [-0.25, -0.2) is 13.2 Å². The number of esters is 1. The van der Waals surface area contributed by atoms with E-state index < -0.39 is 16.0 Å². The maximum absolute atomic E-state index is 11.7. The predicted molar refractivity (Wildman–Crippen MR) is 70.5 cm³/mol. The van der Waals surface area contributed by atoms with Crippen LogP contribution in [0.15, 0.2) is 18.2 Å². The fraction of sp³-hybridized carbons (Fsp3) is 0.364. The van der Waals surface area contributed by atoms with Crippen LogP contribution < -0.4 is 4.72 Å². The summed E-state index contributed by atoms with van der Waals surface area (Å²) in [4.78, 5) is 11.5. The van der Waals surface area contributed by atoms with E-state index >= 15 is 0 Å². The Labute approximate surface area is 111 Å². The number of hydrogen-bond acceptors (Lipinski definition) is 4. The van der Waals surface area contributed by atoms with Crippen LogP contribution in [0.5, 0.6) is 0 Å². The number of sulfonamides is 1. The maximum Gasteiger partial charge on any atom is 0.339 e. The van der Waals surface area contributed by atoms with Crippen molar-refractivity contribution in [2.45, 2.75) is 13.3 Å². The van der Waals surface area contributed by atoms with Crippen molar-refractivity contribution >= 4 is 33.3 Å². The fourth-order valence-corrected chi connectivity index (χ4v) is 2.69. The number of methoxy groups -OCH3 is 1. The average Bonchev–Trinajstić information content (AvgIpc) is 2.27. The van der Waals surface area contributed by atoms with Gasteiger partial charge in [-0.15, -0.1) is 0 Å². The molecule has 0 aliphatic heterocycles. The van der Waals surface area contributed by atoms with Gasteiger partial charge in [-0.1, -0.05) is 18.5 Å². The van der Waals surface area contributed by atoms with Crippen LogP contribution in [0.4, 0.5) is 5.69 Å². The van der Waals surface area contributed by atoms with Crippen LogP contribution in [0, 0.1) is 0 Å². The van der Waals surface area contributed by atoms with Crippen LogP contribution in [-0.4, -0.2) is 27.2 Å². The van der Waals surface area contributed by atoms with Crippen molar-refractivity contribution in [1.29, 1.82) is 0 Å². The minimum Gasteiger partial charge on any atom is -0.465 e. The average molecular weight is 292 g/mol. The largest absolute Gasteiger partial charge is 0.465 e. The fourth-order valence-electron chi connectivity index (χ4n) is 1.38. The van der Waals surface area contributed by atoms with Crippen molar-refractivity contribution in [1.82, 2.24) is 0 Å². The Morgan fingerprint density at radius 2 is 2.11 bits per heavy atom. The van der Waals surface area contributed by atoms with E-state index in [1.807, 2.05) is 0 Å². The zero-order chi connectivity index (χ0) is 13.8. The van der Waals surface area contributed by atoms with Crippen LogP contribution in [0.1, 0.15) is 23.7 Å². The molecule has 0 spiro atoms. The number of carbonyl (C=O) groups excluding carboxylic acids is 1. The molecule has 0 radical (unpaired) electrons. The Bertz CT molecular complexity index is 542. The third-order valence-electron chi connectivity index (χ3n) is 2.13. The number of hydrogen-bond donors (Lipinski definition) is 1. The molecule has 7 heteroatoms. The van der Waals surface area contributed by atoms with E-state index in [1.165, 1.54) is 25.3 Å². The van der Waals surface area contributed by atoms with Crippen molar-refractivity contribution < 1.29 is 17.9 Å². The summed E-state index contributed by atoms with van der Waals surface area (Å²) in [7, 11) is -2.26. The molecule has 18 heavy (non-hydrogen) atoms. The van der Waals surface area contributed by atoms with Gasteiger partial charge in [0.1, 0.15) is 0 Å². The van der Waals surface area contributed by atoms with Crippen LogP contribution in [0.2, 0.25) is 5.02 Å². The van der Waals surface area contributed by atoms with Gasteiger partial charge in [-0.2, -0.15) is 0 Å². The smallest absolute Gasteiger partial charge is 0.339 e. The number of carbonyl (C=O) groups is 1. The molecule has 0 aliphatic carbocycles. The maximum atomic E-state index is 11.7. The summed E-state index contributed by atoms with van der Waals surface area (Å²) in [6.07, 6.45) is 0.476. The molecule has 1 N–H and O–H groups in total. The lowest BCUT2D eigenvalue weighted by Gasteiger charge is -2.11. The van der Waals surface area contributed by atoms with E-state index in [9.17, 15) is 13.2 Å². The first-order valence-corrected chi connectivity index (χ1v) is 7.31. The lowest BCUT2D eigenvalue weighted by molar-refractivity contribution is 0.0602. The van der Waals surface area contributed by atoms with Gasteiger partial charge in [0.05, 0.1) is 24.1 Å². The van der Waals surface area contributed by atoms with Crippen LogP contribution >= 0.6 is 11.6 Å². The van der Waals surface area contributed by atoms with Gasteiger partial charge in [0.2, 0.25) is 10.0 Å². The van der Waals surface area contributed by atoms with Crippen LogP contribution in [0.3, 0.4) is 0 Å². The van der Waals surface area contributed by atoms with Gasteiger partial charge in [-0.3, -0.25) is 4.72 Å². The highest BCUT2D eigenvalue weighted by Gasteiger charge is 2.17. The summed E-state index contributed by atoms with van der Waals surface area (Å²) < 4.78 is 30.2. The highest BCUT2D eigenvalue weighted by Crippen LogP contribution is 2.23. The van der Waals surface area contributed by atoms with Gasteiger partial charge < -0.3 is 4.74 Å². The summed E-state index contributed by atoms with van der Waals surface area (Å²) in [6, 6.07) is 4.28. The Balaban J connectivity index is 3.14. The zero-order valence-corrected chi connectivity index (χ0v) is 11.6. The van der Waals surface area contributed by atoms with Gasteiger partial charge in [0.15, 0.2) is 0 Å². The second-order valence-electron chi connectivity index (χ2n) is 3.60. The second kappa shape index (κ2) is 6.06. The number of halogens is 1. The molecule has 0 amide bonds. The molecular weight excluding hydrogens is 278 g/mol. The molecule has 1 aromatic rings. The first-order chi connectivity index (χ1) is 8.39. The highest BCUT2D eigenvalue weighted by atomic mass is 35.5. The number of anilines is 1. The quantitative estimate of drug-likeness (QED) is 0.845. The van der Waals surface area contributed by atoms with Crippen molar-refractivity contribution in [2.24, 2.45) is 0 Å². The summed E-state index contributed by atoms with van der Waals surface area (Å²) in [6.45, 7) is 1.75. The molecule has 1 rings (SSSR count). The first-order valence-electron chi connectivity index (χ1n) is 5.28. The minimum atomic E-state index is -3.48. The molecule has 0 saturated heterocycles. The summed E-state index contributed by atoms with van der Waals surface area (Å²) in [5.74, 6) is -0.652. The van der Waals surface area contributed by atoms with Gasteiger partial charge in [-0.05, 0) is 24.6 Å². The number of benzene rings is 1. The van der Waals surface area contributed by atoms with Crippen molar-refractivity contribution in [3.63, 3.8) is 0 Å². The number of rotatable bonds is 5. The van der Waals surface area contributed by atoms with E-state index in [0.717, 1.165) is 0 Å². The van der Waals surface area contributed by atoms with Gasteiger partial charge in [0.25, 0.3) is 0 Å². The van der Waals surface area contributed by atoms with Crippen LogP contribution in [-0.2, 0) is 14.8 Å². The third kappa shape index (κ3) is 3.89. The Kier molecular flexibility index (Phi) is 4.98. The SMILES string of the molecule is CCCS(=O)(=O)Nc1cc(Cl)ccc1C(=O)OC. The van der Waals surface area contributed by atoms with Crippen molar-refractivity contribution in [3.05, 3.63) is 28.8 Å². The standard InChI is InChI=1S/C11H14ClNO4S/c1-3-6-18(15,16)13-10-7-8(12)4-5-9(10)11(14)17-2/h4-5,7,13H,3,6H2,1-2H3. The first kappa shape index (κ1) is 14.8. The Morgan fingerprint density at radius 3 is 2.67 bits per heavy atom. The number of ether oxygens (including phenoxy) is 1. The summed E-state index contributed by atoms with van der Waals surface area (Å²) in [5.41, 5.74) is 0.254. The third-order valence-corrected chi connectivity index (χ3v) is 3.84. The Morgan fingerprint density at radius 1 is 1.44 bits per heavy atom. The Hall–Kier alpha value is -1.27. The molecule has 0 fully saturated rings. The predicted octanol–water partition coefficient (Wildman–Crippen LogP) is 2.28. The van der Waals surface area contributed by atoms with E-state index in [-0.39, 0.29) is 17.0 Å². The molecule has 0 atom stereocenters. The molecule has 100 valence electrons. The van der Waals surface area contributed by atoms with E-state index in [1.54, 1.807) is 6.92 Å². The second-order valence-corrected chi connectivity index (χ2v) is 5.88. The van der Waals surface area contributed by atoms with E-state index in [0.29, 0.717) is 11.4 Å². The van der Waals surface area contributed by atoms with E-state index in [4.69, 9.17) is 11.6 Å². The normalized spacial score (nSPS) is 11.1. The summed E-state index contributed by atoms with van der Waals surface area (Å²) >= 11 is 5.78. The summed E-state index contributed by atoms with van der Waals surface area (Å²) in [5, 5.41) is 0.330. The van der Waals surface area contributed by atoms with Gasteiger partial charge in [0, 0.05) is 5.02 Å². The molecule has 0 heterocycles. The topological polar surface area (TPSA) is 72.5 Å². The zero-order valence-electron chi connectivity index (χ0n) is 10.1. The van der Waals surface area contributed by atoms with Crippen LogP contribution in [0.25, 0.3) is 0 Å². The van der Waals surface area contributed by atoms with E-state index in [2.05, 4.69) is 9.46 Å². The molecule has 0 bridgehead atoms. The van der Waals surface area contributed by atoms with Crippen molar-refractivity contribution in [2.75, 3.05) is 17.6 Å². The molecule has 0 aromatic heterocycles. The molecule has 5 nitrogen and oxygen atoms in total. The van der Waals surface area contributed by atoms with Gasteiger partial charge >= 0.3 is 5.97 Å². The minimum absolute atomic E-state index is 0.0277. The molecule has 0 unspecified atom stereocenters.